The largest absolute Gasteiger partial charge is 0.480 e. The average Bonchev–Trinajstić information content (AvgIpc) is 2.30. The van der Waals surface area contributed by atoms with E-state index in [4.69, 9.17) is 10.8 Å². The maximum Gasteiger partial charge on any atom is 0.320 e. The Morgan fingerprint density at radius 1 is 1.47 bits per heavy atom. The van der Waals surface area contributed by atoms with Gasteiger partial charge in [-0.15, -0.1) is 0 Å². The summed E-state index contributed by atoms with van der Waals surface area (Å²) in [6, 6.07) is -0.639. The first-order valence-electron chi connectivity index (χ1n) is 6.08. The van der Waals surface area contributed by atoms with Crippen LogP contribution in [0.3, 0.4) is 0 Å². The molecule has 5 N–H and O–H groups in total. The molecule has 1 fully saturated rings. The second kappa shape index (κ2) is 7.24. The van der Waals surface area contributed by atoms with Crippen LogP contribution in [0.15, 0.2) is 0 Å². The molecule has 0 bridgehead atoms. The van der Waals surface area contributed by atoms with E-state index in [2.05, 4.69) is 10.6 Å². The van der Waals surface area contributed by atoms with Gasteiger partial charge in [0, 0.05) is 19.0 Å². The highest BCUT2D eigenvalue weighted by Gasteiger charge is 2.16. The maximum atomic E-state index is 11.5. The van der Waals surface area contributed by atoms with Crippen molar-refractivity contribution in [1.29, 1.82) is 0 Å². The van der Waals surface area contributed by atoms with Crippen LogP contribution in [-0.2, 0) is 9.59 Å². The fourth-order valence-corrected chi connectivity index (χ4v) is 1.88. The zero-order valence-electron chi connectivity index (χ0n) is 9.95. The maximum absolute atomic E-state index is 11.5. The van der Waals surface area contributed by atoms with Gasteiger partial charge in [-0.1, -0.05) is 6.42 Å². The highest BCUT2D eigenvalue weighted by atomic mass is 16.4. The van der Waals surface area contributed by atoms with Crippen LogP contribution in [0.1, 0.15) is 32.1 Å². The molecule has 1 aliphatic heterocycles. The standard InChI is InChI=1S/C11H21N3O3/c12-9(11(16)17)4-6-14-10(15)7-8-3-1-2-5-13-8/h8-9,13H,1-7,12H2,(H,14,15)(H,16,17). The van der Waals surface area contributed by atoms with Crippen LogP contribution in [-0.4, -0.2) is 42.2 Å². The molecule has 6 nitrogen and oxygen atoms in total. The first-order valence-corrected chi connectivity index (χ1v) is 6.08. The number of carbonyl (C=O) groups excluding carboxylic acids is 1. The number of rotatable bonds is 6. The van der Waals surface area contributed by atoms with Crippen LogP contribution in [0, 0.1) is 0 Å². The predicted molar refractivity (Wildman–Crippen MR) is 63.5 cm³/mol. The SMILES string of the molecule is NC(CCNC(=O)CC1CCCCN1)C(=O)O. The Bertz CT molecular complexity index is 265. The summed E-state index contributed by atoms with van der Waals surface area (Å²) in [6.07, 6.45) is 4.09. The van der Waals surface area contributed by atoms with Crippen molar-refractivity contribution in [3.8, 4) is 0 Å². The lowest BCUT2D eigenvalue weighted by Gasteiger charge is -2.22. The number of nitrogens with two attached hydrogens (primary N) is 1. The number of piperidine rings is 1. The third-order valence-electron chi connectivity index (χ3n) is 2.94. The van der Waals surface area contributed by atoms with E-state index >= 15 is 0 Å². The summed E-state index contributed by atoms with van der Waals surface area (Å²) >= 11 is 0. The Labute approximate surface area is 101 Å². The van der Waals surface area contributed by atoms with Crippen LogP contribution < -0.4 is 16.4 Å². The van der Waals surface area contributed by atoms with Crippen LogP contribution in [0.5, 0.6) is 0 Å². The molecule has 1 heterocycles. The molecule has 0 aliphatic carbocycles. The van der Waals surface area contributed by atoms with E-state index in [0.29, 0.717) is 13.0 Å². The highest BCUT2D eigenvalue weighted by molar-refractivity contribution is 5.77. The number of carbonyl (C=O) groups is 2. The van der Waals surface area contributed by atoms with Gasteiger partial charge in [0.25, 0.3) is 0 Å². The third kappa shape index (κ3) is 5.65. The summed E-state index contributed by atoms with van der Waals surface area (Å²) in [6.45, 7) is 1.29. The van der Waals surface area contributed by atoms with Gasteiger partial charge in [0.05, 0.1) is 0 Å². The van der Waals surface area contributed by atoms with E-state index in [0.717, 1.165) is 19.4 Å². The molecule has 2 unspecified atom stereocenters. The van der Waals surface area contributed by atoms with Gasteiger partial charge in [0.15, 0.2) is 0 Å². The average molecular weight is 243 g/mol. The van der Waals surface area contributed by atoms with Crippen LogP contribution in [0.2, 0.25) is 0 Å². The Morgan fingerprint density at radius 3 is 2.82 bits per heavy atom. The van der Waals surface area contributed by atoms with Crippen molar-refractivity contribution in [3.05, 3.63) is 0 Å². The highest BCUT2D eigenvalue weighted by Crippen LogP contribution is 2.09. The summed E-state index contributed by atoms with van der Waals surface area (Å²) in [7, 11) is 0. The van der Waals surface area contributed by atoms with E-state index in [1.165, 1.54) is 6.42 Å². The first kappa shape index (κ1) is 13.9. The van der Waals surface area contributed by atoms with Crippen molar-refractivity contribution < 1.29 is 14.7 Å². The molecule has 98 valence electrons. The Kier molecular flexibility index (Phi) is 5.93. The summed E-state index contributed by atoms with van der Waals surface area (Å²) < 4.78 is 0. The Morgan fingerprint density at radius 2 is 2.24 bits per heavy atom. The fourth-order valence-electron chi connectivity index (χ4n) is 1.88. The van der Waals surface area contributed by atoms with Gasteiger partial charge in [-0.05, 0) is 25.8 Å². The van der Waals surface area contributed by atoms with Crippen molar-refractivity contribution in [2.45, 2.75) is 44.2 Å². The van der Waals surface area contributed by atoms with E-state index < -0.39 is 12.0 Å². The molecule has 1 amide bonds. The minimum Gasteiger partial charge on any atom is -0.480 e. The molecule has 0 saturated carbocycles. The van der Waals surface area contributed by atoms with Crippen molar-refractivity contribution in [2.24, 2.45) is 5.73 Å². The molecule has 1 saturated heterocycles. The zero-order valence-corrected chi connectivity index (χ0v) is 9.95. The minimum absolute atomic E-state index is 0.0398. The predicted octanol–water partition coefficient (Wildman–Crippen LogP) is -0.563. The second-order valence-electron chi connectivity index (χ2n) is 4.43. The lowest BCUT2D eigenvalue weighted by atomic mass is 10.0. The zero-order chi connectivity index (χ0) is 12.7. The number of amides is 1. The van der Waals surface area contributed by atoms with E-state index in [1.807, 2.05) is 0 Å². The molecule has 0 aromatic carbocycles. The number of hydrogen-bond donors (Lipinski definition) is 4. The smallest absolute Gasteiger partial charge is 0.320 e. The van der Waals surface area contributed by atoms with Crippen molar-refractivity contribution in [2.75, 3.05) is 13.1 Å². The van der Waals surface area contributed by atoms with Gasteiger partial charge >= 0.3 is 5.97 Å². The normalized spacial score (nSPS) is 21.8. The van der Waals surface area contributed by atoms with Crippen molar-refractivity contribution in [1.82, 2.24) is 10.6 Å². The van der Waals surface area contributed by atoms with Gasteiger partial charge in [-0.3, -0.25) is 9.59 Å². The van der Waals surface area contributed by atoms with Crippen molar-refractivity contribution in [3.63, 3.8) is 0 Å². The van der Waals surface area contributed by atoms with E-state index in [9.17, 15) is 9.59 Å². The third-order valence-corrected chi connectivity index (χ3v) is 2.94. The Balaban J connectivity index is 2.10. The fraction of sp³-hybridized carbons (Fsp3) is 0.818. The molecule has 2 atom stereocenters. The van der Waals surface area contributed by atoms with Crippen LogP contribution >= 0.6 is 0 Å². The molecule has 0 spiro atoms. The molecule has 17 heavy (non-hydrogen) atoms. The number of hydrogen-bond acceptors (Lipinski definition) is 4. The number of aliphatic carboxylic acids is 1. The summed E-state index contributed by atoms with van der Waals surface area (Å²) in [5.74, 6) is -1.07. The molecule has 1 rings (SSSR count). The number of carboxylic acid groups (broad SMARTS) is 1. The van der Waals surface area contributed by atoms with Crippen molar-refractivity contribution >= 4 is 11.9 Å². The molecular weight excluding hydrogens is 222 g/mol. The van der Waals surface area contributed by atoms with Gasteiger partial charge in [0.1, 0.15) is 6.04 Å². The van der Waals surface area contributed by atoms with Gasteiger partial charge in [-0.2, -0.15) is 0 Å². The monoisotopic (exact) mass is 243 g/mol. The molecule has 6 heteroatoms. The quantitative estimate of drug-likeness (QED) is 0.500. The Hall–Kier alpha value is -1.14. The molecule has 0 radical (unpaired) electrons. The molecule has 0 aromatic rings. The van der Waals surface area contributed by atoms with Gasteiger partial charge in [0.2, 0.25) is 5.91 Å². The second-order valence-corrected chi connectivity index (χ2v) is 4.43. The van der Waals surface area contributed by atoms with E-state index in [1.54, 1.807) is 0 Å². The van der Waals surface area contributed by atoms with Crippen LogP contribution in [0.4, 0.5) is 0 Å². The summed E-state index contributed by atoms with van der Waals surface area (Å²) in [5.41, 5.74) is 5.32. The minimum atomic E-state index is -1.03. The van der Waals surface area contributed by atoms with Gasteiger partial charge < -0.3 is 21.5 Å². The number of nitrogens with one attached hydrogen (secondary N) is 2. The summed E-state index contributed by atoms with van der Waals surface area (Å²) in [5, 5.41) is 14.5. The lowest BCUT2D eigenvalue weighted by Crippen LogP contribution is -2.40. The summed E-state index contributed by atoms with van der Waals surface area (Å²) in [4.78, 5) is 22.0. The van der Waals surface area contributed by atoms with E-state index in [-0.39, 0.29) is 18.4 Å². The first-order chi connectivity index (χ1) is 8.09. The van der Waals surface area contributed by atoms with Crippen LogP contribution in [0.25, 0.3) is 0 Å². The molecule has 1 aliphatic rings. The topological polar surface area (TPSA) is 104 Å². The molecule has 0 aromatic heterocycles. The molecular formula is C11H21N3O3. The number of carboxylic acids is 1. The lowest BCUT2D eigenvalue weighted by molar-refractivity contribution is -0.138. The van der Waals surface area contributed by atoms with Gasteiger partial charge in [-0.25, -0.2) is 0 Å².